The first kappa shape index (κ1) is 14.0. The van der Waals surface area contributed by atoms with Gasteiger partial charge >= 0.3 is 0 Å². The summed E-state index contributed by atoms with van der Waals surface area (Å²) in [5.74, 6) is 0.283. The van der Waals surface area contributed by atoms with Crippen LogP contribution >= 0.6 is 0 Å². The van der Waals surface area contributed by atoms with E-state index in [0.29, 0.717) is 6.42 Å². The minimum atomic E-state index is 0.121. The third-order valence-corrected chi connectivity index (χ3v) is 3.63. The number of allylic oxidation sites excluding steroid dienone is 4. The van der Waals surface area contributed by atoms with Gasteiger partial charge in [-0.15, -0.1) is 0 Å². The molecule has 96 valence electrons. The van der Waals surface area contributed by atoms with Crippen LogP contribution < -0.4 is 0 Å². The summed E-state index contributed by atoms with van der Waals surface area (Å²) in [6, 6.07) is 0. The molecule has 0 aromatic heterocycles. The van der Waals surface area contributed by atoms with Crippen LogP contribution in [-0.4, -0.2) is 23.9 Å². The largest absolute Gasteiger partial charge is 0.343 e. The smallest absolute Gasteiger partial charge is 0.222 e. The van der Waals surface area contributed by atoms with Crippen LogP contribution in [0.5, 0.6) is 0 Å². The van der Waals surface area contributed by atoms with Crippen LogP contribution in [0.15, 0.2) is 23.8 Å². The van der Waals surface area contributed by atoms with E-state index >= 15 is 0 Å². The summed E-state index contributed by atoms with van der Waals surface area (Å²) in [7, 11) is 0. The van der Waals surface area contributed by atoms with Crippen molar-refractivity contribution in [2.45, 2.75) is 47.0 Å². The summed E-state index contributed by atoms with van der Waals surface area (Å²) < 4.78 is 0. The van der Waals surface area contributed by atoms with Crippen LogP contribution in [0.2, 0.25) is 0 Å². The Morgan fingerprint density at radius 3 is 2.47 bits per heavy atom. The second kappa shape index (κ2) is 6.04. The Morgan fingerprint density at radius 2 is 2.00 bits per heavy atom. The molecule has 1 amide bonds. The van der Waals surface area contributed by atoms with Crippen molar-refractivity contribution in [3.8, 4) is 0 Å². The highest BCUT2D eigenvalue weighted by Gasteiger charge is 2.24. The van der Waals surface area contributed by atoms with Gasteiger partial charge in [0.15, 0.2) is 0 Å². The third kappa shape index (κ3) is 3.72. The zero-order valence-electron chi connectivity index (χ0n) is 11.6. The maximum atomic E-state index is 12.0. The fourth-order valence-corrected chi connectivity index (χ4v) is 2.26. The second-order valence-electron chi connectivity index (χ2n) is 5.25. The lowest BCUT2D eigenvalue weighted by atomic mass is 9.80. The van der Waals surface area contributed by atoms with Gasteiger partial charge in [0.1, 0.15) is 0 Å². The minimum absolute atomic E-state index is 0.121. The van der Waals surface area contributed by atoms with E-state index < -0.39 is 0 Å². The van der Waals surface area contributed by atoms with E-state index in [4.69, 9.17) is 0 Å². The Balaban J connectivity index is 2.49. The Labute approximate surface area is 105 Å². The van der Waals surface area contributed by atoms with Crippen LogP contribution in [0.3, 0.4) is 0 Å². The van der Waals surface area contributed by atoms with Gasteiger partial charge in [-0.2, -0.15) is 0 Å². The number of hydrogen-bond acceptors (Lipinski definition) is 1. The molecule has 0 atom stereocenters. The molecule has 17 heavy (non-hydrogen) atoms. The first-order chi connectivity index (χ1) is 8.01. The summed E-state index contributed by atoms with van der Waals surface area (Å²) in [5, 5.41) is 0. The van der Waals surface area contributed by atoms with Gasteiger partial charge in [0, 0.05) is 19.5 Å². The van der Waals surface area contributed by atoms with E-state index in [1.54, 1.807) is 0 Å². The highest BCUT2D eigenvalue weighted by Crippen LogP contribution is 2.35. The molecular formula is C15H25NO. The highest BCUT2D eigenvalue weighted by molar-refractivity contribution is 5.76. The van der Waals surface area contributed by atoms with E-state index in [2.05, 4.69) is 32.1 Å². The standard InChI is InChI=1S/C15H25NO/c1-5-16(6-2)14(17)11-12-15(3,4)13-9-7-8-10-13/h7,9-10H,5-6,8,11-12H2,1-4H3. The molecule has 0 N–H and O–H groups in total. The van der Waals surface area contributed by atoms with Crippen molar-refractivity contribution < 1.29 is 4.79 Å². The van der Waals surface area contributed by atoms with Crippen LogP contribution in [0.4, 0.5) is 0 Å². The zero-order chi connectivity index (χ0) is 12.9. The molecule has 0 fully saturated rings. The van der Waals surface area contributed by atoms with Crippen molar-refractivity contribution in [1.29, 1.82) is 0 Å². The minimum Gasteiger partial charge on any atom is -0.343 e. The topological polar surface area (TPSA) is 20.3 Å². The van der Waals surface area contributed by atoms with E-state index in [9.17, 15) is 4.79 Å². The van der Waals surface area contributed by atoms with Crippen LogP contribution in [-0.2, 0) is 4.79 Å². The zero-order valence-corrected chi connectivity index (χ0v) is 11.6. The molecule has 1 aliphatic rings. The fourth-order valence-electron chi connectivity index (χ4n) is 2.26. The predicted octanol–water partition coefficient (Wildman–Crippen LogP) is 3.55. The normalized spacial score (nSPS) is 14.9. The van der Waals surface area contributed by atoms with Gasteiger partial charge in [0.2, 0.25) is 5.91 Å². The number of nitrogens with zero attached hydrogens (tertiary/aromatic N) is 1. The SMILES string of the molecule is CCN(CC)C(=O)CCC(C)(C)C1=CCC=C1. The van der Waals surface area contributed by atoms with Crippen LogP contribution in [0.1, 0.15) is 47.0 Å². The molecular weight excluding hydrogens is 210 g/mol. The number of carbonyl (C=O) groups excluding carboxylic acids is 1. The fraction of sp³-hybridized carbons (Fsp3) is 0.667. The molecule has 0 heterocycles. The molecule has 0 radical (unpaired) electrons. The number of carbonyl (C=O) groups is 1. The van der Waals surface area contributed by atoms with Gasteiger partial charge in [-0.1, -0.05) is 32.1 Å². The average molecular weight is 235 g/mol. The van der Waals surface area contributed by atoms with Gasteiger partial charge in [0.25, 0.3) is 0 Å². The molecule has 1 aliphatic carbocycles. The Kier molecular flexibility index (Phi) is 4.98. The van der Waals surface area contributed by atoms with E-state index in [1.807, 2.05) is 18.7 Å². The summed E-state index contributed by atoms with van der Waals surface area (Å²) in [5.41, 5.74) is 1.50. The predicted molar refractivity (Wildman–Crippen MR) is 72.8 cm³/mol. The lowest BCUT2D eigenvalue weighted by Crippen LogP contribution is -2.31. The molecule has 1 rings (SSSR count). The lowest BCUT2D eigenvalue weighted by Gasteiger charge is -2.27. The van der Waals surface area contributed by atoms with Gasteiger partial charge in [-0.3, -0.25) is 4.79 Å². The quantitative estimate of drug-likeness (QED) is 0.689. The molecule has 0 aromatic rings. The molecule has 0 saturated carbocycles. The molecule has 0 aromatic carbocycles. The van der Waals surface area contributed by atoms with Crippen molar-refractivity contribution in [3.05, 3.63) is 23.8 Å². The number of amides is 1. The van der Waals surface area contributed by atoms with Crippen molar-refractivity contribution >= 4 is 5.91 Å². The molecule has 0 aliphatic heterocycles. The van der Waals surface area contributed by atoms with Gasteiger partial charge < -0.3 is 4.90 Å². The van der Waals surface area contributed by atoms with Crippen LogP contribution in [0.25, 0.3) is 0 Å². The van der Waals surface area contributed by atoms with E-state index in [0.717, 1.165) is 25.9 Å². The summed E-state index contributed by atoms with van der Waals surface area (Å²) in [6.45, 7) is 10.2. The lowest BCUT2D eigenvalue weighted by molar-refractivity contribution is -0.131. The van der Waals surface area contributed by atoms with E-state index in [-0.39, 0.29) is 11.3 Å². The molecule has 0 spiro atoms. The summed E-state index contributed by atoms with van der Waals surface area (Å²) in [4.78, 5) is 13.9. The van der Waals surface area contributed by atoms with Crippen molar-refractivity contribution in [2.24, 2.45) is 5.41 Å². The summed E-state index contributed by atoms with van der Waals surface area (Å²) >= 11 is 0. The van der Waals surface area contributed by atoms with Gasteiger partial charge in [0.05, 0.1) is 0 Å². The van der Waals surface area contributed by atoms with Crippen molar-refractivity contribution in [1.82, 2.24) is 4.90 Å². The second-order valence-corrected chi connectivity index (χ2v) is 5.25. The number of rotatable bonds is 6. The monoisotopic (exact) mass is 235 g/mol. The molecule has 2 heteroatoms. The molecule has 0 unspecified atom stereocenters. The van der Waals surface area contributed by atoms with Crippen molar-refractivity contribution in [2.75, 3.05) is 13.1 Å². The average Bonchev–Trinajstić information content (AvgIpc) is 2.82. The first-order valence-electron chi connectivity index (χ1n) is 6.66. The molecule has 0 saturated heterocycles. The Hall–Kier alpha value is -1.05. The van der Waals surface area contributed by atoms with Gasteiger partial charge in [-0.25, -0.2) is 0 Å². The Morgan fingerprint density at radius 1 is 1.35 bits per heavy atom. The number of hydrogen-bond donors (Lipinski definition) is 0. The maximum Gasteiger partial charge on any atom is 0.222 e. The summed E-state index contributed by atoms with van der Waals surface area (Å²) in [6.07, 6.45) is 9.27. The van der Waals surface area contributed by atoms with Gasteiger partial charge in [-0.05, 0) is 37.7 Å². The first-order valence-corrected chi connectivity index (χ1v) is 6.66. The molecule has 2 nitrogen and oxygen atoms in total. The highest BCUT2D eigenvalue weighted by atomic mass is 16.2. The van der Waals surface area contributed by atoms with Crippen molar-refractivity contribution in [3.63, 3.8) is 0 Å². The van der Waals surface area contributed by atoms with E-state index in [1.165, 1.54) is 5.57 Å². The Bertz CT molecular complexity index is 322. The molecule has 0 bridgehead atoms. The van der Waals surface area contributed by atoms with Crippen LogP contribution in [0, 0.1) is 5.41 Å². The third-order valence-electron chi connectivity index (χ3n) is 3.63. The maximum absolute atomic E-state index is 12.0.